The van der Waals surface area contributed by atoms with Crippen LogP contribution in [0.3, 0.4) is 0 Å². The molecule has 1 aromatic heterocycles. The van der Waals surface area contributed by atoms with E-state index < -0.39 is 6.29 Å². The van der Waals surface area contributed by atoms with Crippen LogP contribution < -0.4 is 5.69 Å². The van der Waals surface area contributed by atoms with E-state index in [1.165, 1.54) is 0 Å². The third-order valence-corrected chi connectivity index (χ3v) is 4.65. The SMILES string of the molecule is CC(=C1CCCC(n2c(=O)[nH]c3cc(C#N)ccc32)C1)C(O)O. The Balaban J connectivity index is 2.03. The second-order valence-electron chi connectivity index (χ2n) is 6.05. The average Bonchev–Trinajstić information content (AvgIpc) is 2.88. The molecule has 120 valence electrons. The van der Waals surface area contributed by atoms with E-state index in [1.807, 2.05) is 0 Å². The van der Waals surface area contributed by atoms with Crippen molar-refractivity contribution in [2.75, 3.05) is 0 Å². The Bertz CT molecular complexity index is 867. The molecule has 2 aromatic rings. The molecule has 1 heterocycles. The molecule has 1 aromatic carbocycles. The maximum Gasteiger partial charge on any atom is 0.326 e. The highest BCUT2D eigenvalue weighted by atomic mass is 16.5. The van der Waals surface area contributed by atoms with Crippen molar-refractivity contribution in [3.63, 3.8) is 0 Å². The van der Waals surface area contributed by atoms with Gasteiger partial charge in [-0.1, -0.05) is 5.57 Å². The molecule has 1 atom stereocenters. The fourth-order valence-electron chi connectivity index (χ4n) is 3.36. The van der Waals surface area contributed by atoms with E-state index in [4.69, 9.17) is 5.26 Å². The van der Waals surface area contributed by atoms with Crippen LogP contribution in [0.5, 0.6) is 0 Å². The van der Waals surface area contributed by atoms with E-state index >= 15 is 0 Å². The Morgan fingerprint density at radius 2 is 2.26 bits per heavy atom. The summed E-state index contributed by atoms with van der Waals surface area (Å²) in [5.41, 5.74) is 3.34. The molecule has 3 N–H and O–H groups in total. The van der Waals surface area contributed by atoms with Crippen molar-refractivity contribution >= 4 is 11.0 Å². The average molecular weight is 313 g/mol. The maximum atomic E-state index is 12.4. The first kappa shape index (κ1) is 15.5. The van der Waals surface area contributed by atoms with Gasteiger partial charge in [-0.15, -0.1) is 0 Å². The van der Waals surface area contributed by atoms with Crippen LogP contribution in [0.2, 0.25) is 0 Å². The molecule has 6 nitrogen and oxygen atoms in total. The quantitative estimate of drug-likeness (QED) is 0.582. The van der Waals surface area contributed by atoms with Gasteiger partial charge in [-0.05, 0) is 56.4 Å². The zero-order valence-electron chi connectivity index (χ0n) is 12.9. The van der Waals surface area contributed by atoms with Crippen molar-refractivity contribution in [2.24, 2.45) is 0 Å². The lowest BCUT2D eigenvalue weighted by Crippen LogP contribution is -2.25. The van der Waals surface area contributed by atoms with Crippen LogP contribution in [-0.4, -0.2) is 26.1 Å². The monoisotopic (exact) mass is 313 g/mol. The predicted molar refractivity (Wildman–Crippen MR) is 85.7 cm³/mol. The molecule has 0 aliphatic heterocycles. The van der Waals surface area contributed by atoms with Gasteiger partial charge >= 0.3 is 5.69 Å². The summed E-state index contributed by atoms with van der Waals surface area (Å²) in [4.78, 5) is 15.2. The van der Waals surface area contributed by atoms with Gasteiger partial charge in [-0.25, -0.2) is 4.79 Å². The van der Waals surface area contributed by atoms with E-state index in [0.717, 1.165) is 30.4 Å². The van der Waals surface area contributed by atoms with E-state index in [0.29, 0.717) is 23.1 Å². The van der Waals surface area contributed by atoms with Crippen LogP contribution in [0.1, 0.15) is 44.2 Å². The number of nitriles is 1. The van der Waals surface area contributed by atoms with Gasteiger partial charge in [0.25, 0.3) is 0 Å². The topological polar surface area (TPSA) is 102 Å². The summed E-state index contributed by atoms with van der Waals surface area (Å²) in [7, 11) is 0. The van der Waals surface area contributed by atoms with E-state index in [2.05, 4.69) is 11.1 Å². The fourth-order valence-corrected chi connectivity index (χ4v) is 3.36. The van der Waals surface area contributed by atoms with Crippen molar-refractivity contribution in [3.05, 3.63) is 45.4 Å². The summed E-state index contributed by atoms with van der Waals surface area (Å²) in [5, 5.41) is 27.7. The molecule has 1 saturated carbocycles. The number of fused-ring (bicyclic) bond motifs is 1. The van der Waals surface area contributed by atoms with Crippen LogP contribution in [0, 0.1) is 11.3 Å². The number of aliphatic hydroxyl groups is 2. The molecular weight excluding hydrogens is 294 g/mol. The highest BCUT2D eigenvalue weighted by Crippen LogP contribution is 2.35. The van der Waals surface area contributed by atoms with Gasteiger partial charge in [0.1, 0.15) is 0 Å². The molecule has 6 heteroatoms. The Hall–Kier alpha value is -2.36. The minimum atomic E-state index is -1.44. The largest absolute Gasteiger partial charge is 0.365 e. The van der Waals surface area contributed by atoms with Crippen molar-refractivity contribution in [1.82, 2.24) is 9.55 Å². The summed E-state index contributed by atoms with van der Waals surface area (Å²) in [5.74, 6) is 0. The number of imidazole rings is 1. The van der Waals surface area contributed by atoms with E-state index in [9.17, 15) is 15.0 Å². The van der Waals surface area contributed by atoms with Gasteiger partial charge in [-0.2, -0.15) is 5.26 Å². The smallest absolute Gasteiger partial charge is 0.326 e. The van der Waals surface area contributed by atoms with Crippen LogP contribution in [0.25, 0.3) is 11.0 Å². The van der Waals surface area contributed by atoms with Crippen LogP contribution in [0.15, 0.2) is 34.1 Å². The first-order valence-corrected chi connectivity index (χ1v) is 7.70. The van der Waals surface area contributed by atoms with Crippen LogP contribution >= 0.6 is 0 Å². The number of hydrogen-bond acceptors (Lipinski definition) is 4. The van der Waals surface area contributed by atoms with Crippen molar-refractivity contribution in [1.29, 1.82) is 5.26 Å². The summed E-state index contributed by atoms with van der Waals surface area (Å²) in [6.07, 6.45) is 1.79. The number of allylic oxidation sites excluding steroid dienone is 1. The van der Waals surface area contributed by atoms with Crippen LogP contribution in [0.4, 0.5) is 0 Å². The highest BCUT2D eigenvalue weighted by Gasteiger charge is 2.24. The molecule has 3 rings (SSSR count). The van der Waals surface area contributed by atoms with Crippen molar-refractivity contribution < 1.29 is 10.2 Å². The highest BCUT2D eigenvalue weighted by molar-refractivity contribution is 5.77. The minimum absolute atomic E-state index is 0.0124. The molecular formula is C17H19N3O3. The van der Waals surface area contributed by atoms with Gasteiger partial charge in [0.15, 0.2) is 6.29 Å². The van der Waals surface area contributed by atoms with E-state index in [-0.39, 0.29) is 11.7 Å². The van der Waals surface area contributed by atoms with Gasteiger partial charge in [0, 0.05) is 6.04 Å². The van der Waals surface area contributed by atoms with Gasteiger partial charge < -0.3 is 15.2 Å². The third kappa shape index (κ3) is 2.81. The zero-order valence-corrected chi connectivity index (χ0v) is 12.9. The molecule has 0 spiro atoms. The normalized spacial score (nSPS) is 20.7. The predicted octanol–water partition coefficient (Wildman–Crippen LogP) is 1.94. The summed E-state index contributed by atoms with van der Waals surface area (Å²) < 4.78 is 1.73. The standard InChI is InChI=1S/C17H19N3O3/c1-10(16(21)22)12-3-2-4-13(8-12)20-15-6-5-11(9-18)7-14(15)19-17(20)23/h5-7,13,16,21-22H,2-4,8H2,1H3,(H,19,23). The number of aliphatic hydroxyl groups excluding tert-OH is 1. The first-order chi connectivity index (χ1) is 11.0. The Morgan fingerprint density at radius 1 is 1.48 bits per heavy atom. The second kappa shape index (κ2) is 6.03. The first-order valence-electron chi connectivity index (χ1n) is 7.70. The molecule has 0 radical (unpaired) electrons. The lowest BCUT2D eigenvalue weighted by molar-refractivity contribution is -0.00903. The molecule has 1 aliphatic rings. The molecule has 0 saturated heterocycles. The van der Waals surface area contributed by atoms with Gasteiger partial charge in [0.2, 0.25) is 0 Å². The Kier molecular flexibility index (Phi) is 4.07. The molecule has 1 fully saturated rings. The lowest BCUT2D eigenvalue weighted by Gasteiger charge is -2.27. The fraction of sp³-hybridized carbons (Fsp3) is 0.412. The molecule has 1 unspecified atom stereocenters. The number of nitrogens with zero attached hydrogens (tertiary/aromatic N) is 2. The number of rotatable bonds is 2. The molecule has 0 amide bonds. The number of hydrogen-bond donors (Lipinski definition) is 3. The van der Waals surface area contributed by atoms with Gasteiger partial charge in [-0.3, -0.25) is 4.57 Å². The number of aromatic nitrogens is 2. The number of aromatic amines is 1. The molecule has 1 aliphatic carbocycles. The second-order valence-corrected chi connectivity index (χ2v) is 6.05. The number of H-pyrrole nitrogens is 1. The maximum absolute atomic E-state index is 12.4. The minimum Gasteiger partial charge on any atom is -0.365 e. The van der Waals surface area contributed by atoms with Crippen molar-refractivity contribution in [3.8, 4) is 6.07 Å². The van der Waals surface area contributed by atoms with Crippen molar-refractivity contribution in [2.45, 2.75) is 44.9 Å². The lowest BCUT2D eigenvalue weighted by atomic mass is 9.87. The summed E-state index contributed by atoms with van der Waals surface area (Å²) >= 11 is 0. The van der Waals surface area contributed by atoms with E-state index in [1.54, 1.807) is 29.7 Å². The molecule has 0 bridgehead atoms. The molecule has 23 heavy (non-hydrogen) atoms. The number of nitrogens with one attached hydrogen (secondary N) is 1. The third-order valence-electron chi connectivity index (χ3n) is 4.65. The van der Waals surface area contributed by atoms with Crippen LogP contribution in [-0.2, 0) is 0 Å². The summed E-state index contributed by atoms with van der Waals surface area (Å²) in [6.45, 7) is 1.72. The Morgan fingerprint density at radius 3 is 2.96 bits per heavy atom. The summed E-state index contributed by atoms with van der Waals surface area (Å²) in [6, 6.07) is 7.22. The van der Waals surface area contributed by atoms with Gasteiger partial charge in [0.05, 0.1) is 22.7 Å². The number of benzene rings is 1. The Labute approximate surface area is 133 Å². The zero-order chi connectivity index (χ0) is 16.6.